The maximum atomic E-state index is 12.0. The summed E-state index contributed by atoms with van der Waals surface area (Å²) in [6, 6.07) is 6.19. The van der Waals surface area contributed by atoms with Crippen molar-refractivity contribution in [3.63, 3.8) is 0 Å². The fourth-order valence-electron chi connectivity index (χ4n) is 2.44. The van der Waals surface area contributed by atoms with Gasteiger partial charge in [-0.15, -0.1) is 10.2 Å². The van der Waals surface area contributed by atoms with E-state index in [-0.39, 0.29) is 5.91 Å². The second-order valence-electron chi connectivity index (χ2n) is 5.76. The normalized spacial score (nSPS) is 10.7. The lowest BCUT2D eigenvalue weighted by Gasteiger charge is -2.18. The van der Waals surface area contributed by atoms with Crippen LogP contribution < -0.4 is 5.32 Å². The summed E-state index contributed by atoms with van der Waals surface area (Å²) in [7, 11) is 0. The Morgan fingerprint density at radius 2 is 2.00 bits per heavy atom. The number of aryl methyl sites for hydroxylation is 1. The Morgan fingerprint density at radius 1 is 1.24 bits per heavy atom. The van der Waals surface area contributed by atoms with Gasteiger partial charge in [-0.2, -0.15) is 0 Å². The van der Waals surface area contributed by atoms with E-state index in [0.29, 0.717) is 6.42 Å². The first-order chi connectivity index (χ1) is 12.0. The molecule has 1 aromatic carbocycles. The number of nitrogens with one attached hydrogen (secondary N) is 1. The summed E-state index contributed by atoms with van der Waals surface area (Å²) in [6.07, 6.45) is 1.46. The number of benzene rings is 1. The monoisotopic (exact) mass is 378 g/mol. The molecule has 2 rings (SSSR count). The summed E-state index contributed by atoms with van der Waals surface area (Å²) in [4.78, 5) is 13.8. The van der Waals surface area contributed by atoms with Gasteiger partial charge in [0.15, 0.2) is 4.34 Å². The van der Waals surface area contributed by atoms with Crippen LogP contribution in [-0.2, 0) is 4.79 Å². The van der Waals surface area contributed by atoms with Crippen LogP contribution in [0, 0.1) is 13.8 Å². The van der Waals surface area contributed by atoms with Crippen LogP contribution in [0.15, 0.2) is 22.5 Å². The molecule has 0 spiro atoms. The van der Waals surface area contributed by atoms with Crippen molar-refractivity contribution < 1.29 is 4.79 Å². The number of carbonyl (C=O) groups excluding carboxylic acids is 1. The Kier molecular flexibility index (Phi) is 7.71. The molecule has 1 N–H and O–H groups in total. The van der Waals surface area contributed by atoms with Crippen LogP contribution in [0.1, 0.15) is 37.8 Å². The third-order valence-electron chi connectivity index (χ3n) is 4.13. The number of nitrogens with zero attached hydrogens (tertiary/aromatic N) is 3. The molecule has 0 atom stereocenters. The minimum absolute atomic E-state index is 0.236. The summed E-state index contributed by atoms with van der Waals surface area (Å²) >= 11 is 3.21. The molecule has 5 nitrogen and oxygen atoms in total. The first kappa shape index (κ1) is 19.7. The molecular weight excluding hydrogens is 352 g/mol. The second-order valence-corrected chi connectivity index (χ2v) is 8.08. The van der Waals surface area contributed by atoms with E-state index in [1.54, 1.807) is 23.1 Å². The van der Waals surface area contributed by atoms with Gasteiger partial charge in [-0.1, -0.05) is 35.2 Å². The Labute approximate surface area is 158 Å². The molecule has 1 amide bonds. The highest BCUT2D eigenvalue weighted by Gasteiger charge is 2.10. The van der Waals surface area contributed by atoms with E-state index in [9.17, 15) is 4.79 Å². The molecule has 2 aromatic rings. The Morgan fingerprint density at radius 3 is 2.72 bits per heavy atom. The van der Waals surface area contributed by atoms with Crippen molar-refractivity contribution in [1.29, 1.82) is 0 Å². The average Bonchev–Trinajstić information content (AvgIpc) is 3.04. The Bertz CT molecular complexity index is 698. The van der Waals surface area contributed by atoms with Crippen molar-refractivity contribution >= 4 is 39.8 Å². The van der Waals surface area contributed by atoms with Gasteiger partial charge in [0.25, 0.3) is 0 Å². The fraction of sp³-hybridized carbons (Fsp3) is 0.500. The molecule has 0 saturated carbocycles. The predicted octanol–water partition coefficient (Wildman–Crippen LogP) is 4.64. The van der Waals surface area contributed by atoms with Crippen molar-refractivity contribution in [1.82, 2.24) is 15.1 Å². The van der Waals surface area contributed by atoms with Crippen molar-refractivity contribution in [3.8, 4) is 0 Å². The van der Waals surface area contributed by atoms with E-state index in [1.165, 1.54) is 11.1 Å². The van der Waals surface area contributed by atoms with Gasteiger partial charge in [0, 0.05) is 31.0 Å². The lowest BCUT2D eigenvalue weighted by molar-refractivity contribution is -0.130. The van der Waals surface area contributed by atoms with Crippen molar-refractivity contribution in [2.24, 2.45) is 0 Å². The summed E-state index contributed by atoms with van der Waals surface area (Å²) in [6.45, 7) is 9.80. The number of hydrogen-bond donors (Lipinski definition) is 1. The molecule has 1 aromatic heterocycles. The lowest BCUT2D eigenvalue weighted by atomic mass is 10.1. The number of hydrogen-bond acceptors (Lipinski definition) is 6. The maximum Gasteiger partial charge on any atom is 0.222 e. The topological polar surface area (TPSA) is 58.1 Å². The molecule has 136 valence electrons. The van der Waals surface area contributed by atoms with Gasteiger partial charge < -0.3 is 10.2 Å². The molecular formula is C18H26N4OS2. The highest BCUT2D eigenvalue weighted by molar-refractivity contribution is 8.01. The van der Waals surface area contributed by atoms with Crippen molar-refractivity contribution in [2.45, 2.75) is 44.9 Å². The molecule has 0 aliphatic rings. The molecule has 0 bridgehead atoms. The molecule has 0 aliphatic heterocycles. The molecule has 0 aliphatic carbocycles. The fourth-order valence-corrected chi connectivity index (χ4v) is 4.21. The zero-order chi connectivity index (χ0) is 18.2. The number of aromatic nitrogens is 2. The third kappa shape index (κ3) is 5.71. The molecule has 0 saturated heterocycles. The third-order valence-corrected chi connectivity index (χ3v) is 6.19. The van der Waals surface area contributed by atoms with E-state index in [0.717, 1.165) is 40.4 Å². The van der Waals surface area contributed by atoms with E-state index in [1.807, 2.05) is 24.8 Å². The molecule has 0 fully saturated rings. The van der Waals surface area contributed by atoms with Gasteiger partial charge >= 0.3 is 0 Å². The minimum atomic E-state index is 0.236. The number of rotatable bonds is 9. The minimum Gasteiger partial charge on any atom is -0.343 e. The molecule has 7 heteroatoms. The van der Waals surface area contributed by atoms with Gasteiger partial charge in [0.05, 0.1) is 0 Å². The quantitative estimate of drug-likeness (QED) is 0.509. The Balaban J connectivity index is 1.80. The number of thioether (sulfide) groups is 1. The first-order valence-electron chi connectivity index (χ1n) is 8.62. The number of anilines is 2. The predicted molar refractivity (Wildman–Crippen MR) is 107 cm³/mol. The summed E-state index contributed by atoms with van der Waals surface area (Å²) in [5, 5.41) is 12.6. The summed E-state index contributed by atoms with van der Waals surface area (Å²) < 4.78 is 0.933. The van der Waals surface area contributed by atoms with Crippen LogP contribution >= 0.6 is 23.1 Å². The van der Waals surface area contributed by atoms with E-state index in [2.05, 4.69) is 41.5 Å². The van der Waals surface area contributed by atoms with Crippen LogP contribution in [0.5, 0.6) is 0 Å². The van der Waals surface area contributed by atoms with Crippen LogP contribution in [0.4, 0.5) is 10.8 Å². The van der Waals surface area contributed by atoms with E-state index in [4.69, 9.17) is 0 Å². The number of amides is 1. The van der Waals surface area contributed by atoms with Gasteiger partial charge in [-0.05, 0) is 51.3 Å². The maximum absolute atomic E-state index is 12.0. The highest BCUT2D eigenvalue weighted by atomic mass is 32.2. The van der Waals surface area contributed by atoms with Gasteiger partial charge in [0.1, 0.15) is 0 Å². The summed E-state index contributed by atoms with van der Waals surface area (Å²) in [5.74, 6) is 1.12. The largest absolute Gasteiger partial charge is 0.343 e. The SMILES string of the molecule is CCN(CC)C(=O)CCCSc1nnc(Nc2cccc(C)c2C)s1. The smallest absolute Gasteiger partial charge is 0.222 e. The van der Waals surface area contributed by atoms with Crippen LogP contribution in [0.3, 0.4) is 0 Å². The highest BCUT2D eigenvalue weighted by Crippen LogP contribution is 2.29. The van der Waals surface area contributed by atoms with Gasteiger partial charge in [-0.3, -0.25) is 4.79 Å². The second kappa shape index (κ2) is 9.77. The van der Waals surface area contributed by atoms with Gasteiger partial charge in [0.2, 0.25) is 11.0 Å². The standard InChI is InChI=1S/C18H26N4OS2/c1-5-22(6-2)16(23)11-8-12-24-18-21-20-17(25-18)19-15-10-7-9-13(3)14(15)4/h7,9-10H,5-6,8,11-12H2,1-4H3,(H,19,20). The van der Waals surface area contributed by atoms with Crippen LogP contribution in [-0.4, -0.2) is 39.8 Å². The van der Waals surface area contributed by atoms with Crippen LogP contribution in [0.2, 0.25) is 0 Å². The lowest BCUT2D eigenvalue weighted by Crippen LogP contribution is -2.30. The molecule has 0 radical (unpaired) electrons. The zero-order valence-electron chi connectivity index (χ0n) is 15.3. The molecule has 1 heterocycles. The van der Waals surface area contributed by atoms with Crippen molar-refractivity contribution in [2.75, 3.05) is 24.2 Å². The molecule has 25 heavy (non-hydrogen) atoms. The summed E-state index contributed by atoms with van der Waals surface area (Å²) in [5.41, 5.74) is 3.54. The zero-order valence-corrected chi connectivity index (χ0v) is 17.0. The number of carbonyl (C=O) groups is 1. The van der Waals surface area contributed by atoms with Gasteiger partial charge in [-0.25, -0.2) is 0 Å². The molecule has 0 unspecified atom stereocenters. The van der Waals surface area contributed by atoms with Crippen LogP contribution in [0.25, 0.3) is 0 Å². The van der Waals surface area contributed by atoms with E-state index < -0.39 is 0 Å². The van der Waals surface area contributed by atoms with E-state index >= 15 is 0 Å². The first-order valence-corrected chi connectivity index (χ1v) is 10.4. The Hall–Kier alpha value is -1.60. The average molecular weight is 379 g/mol. The van der Waals surface area contributed by atoms with Crippen molar-refractivity contribution in [3.05, 3.63) is 29.3 Å².